The van der Waals surface area contributed by atoms with Crippen molar-refractivity contribution in [3.05, 3.63) is 0 Å². The Morgan fingerprint density at radius 3 is 2.67 bits per heavy atom. The van der Waals surface area contributed by atoms with E-state index in [1.165, 1.54) is 0 Å². The Morgan fingerprint density at radius 1 is 1.29 bits per heavy atom. The van der Waals surface area contributed by atoms with Gasteiger partial charge in [-0.2, -0.15) is 0 Å². The molecule has 2 aliphatic heterocycles. The second-order valence-corrected chi connectivity index (χ2v) is 7.25. The SMILES string of the molecule is CC1(C)CC[C@H]2CN(C(=O)CCCCN)CC[C@@]2(C)O1.Cl. The van der Waals surface area contributed by atoms with Gasteiger partial charge in [-0.3, -0.25) is 4.79 Å². The first kappa shape index (κ1) is 18.7. The first-order chi connectivity index (χ1) is 9.36. The lowest BCUT2D eigenvalue weighted by Crippen LogP contribution is -2.58. The van der Waals surface area contributed by atoms with E-state index in [0.717, 1.165) is 45.2 Å². The number of hydrogen-bond donors (Lipinski definition) is 1. The van der Waals surface area contributed by atoms with Crippen LogP contribution in [0.3, 0.4) is 0 Å². The quantitative estimate of drug-likeness (QED) is 0.811. The highest BCUT2D eigenvalue weighted by molar-refractivity contribution is 5.85. The second kappa shape index (κ2) is 7.30. The van der Waals surface area contributed by atoms with Gasteiger partial charge in [-0.05, 0) is 59.4 Å². The molecule has 124 valence electrons. The van der Waals surface area contributed by atoms with E-state index in [1.54, 1.807) is 0 Å². The van der Waals surface area contributed by atoms with Crippen LogP contribution in [0.4, 0.5) is 0 Å². The van der Waals surface area contributed by atoms with Gasteiger partial charge in [-0.1, -0.05) is 0 Å². The van der Waals surface area contributed by atoms with Crippen molar-refractivity contribution in [2.75, 3.05) is 19.6 Å². The van der Waals surface area contributed by atoms with Crippen molar-refractivity contribution in [2.45, 2.75) is 70.5 Å². The average Bonchev–Trinajstić information content (AvgIpc) is 2.36. The fraction of sp³-hybridized carbons (Fsp3) is 0.938. The van der Waals surface area contributed by atoms with Gasteiger partial charge in [0, 0.05) is 25.4 Å². The summed E-state index contributed by atoms with van der Waals surface area (Å²) < 4.78 is 6.34. The van der Waals surface area contributed by atoms with Crippen LogP contribution in [-0.2, 0) is 9.53 Å². The number of unbranched alkanes of at least 4 members (excludes halogenated alkanes) is 1. The Kier molecular flexibility index (Phi) is 6.51. The molecule has 4 nitrogen and oxygen atoms in total. The van der Waals surface area contributed by atoms with E-state index in [1.807, 2.05) is 4.90 Å². The molecule has 2 atom stereocenters. The molecule has 2 N–H and O–H groups in total. The first-order valence-electron chi connectivity index (χ1n) is 8.04. The number of carbonyl (C=O) groups excluding carboxylic acids is 1. The van der Waals surface area contributed by atoms with E-state index in [9.17, 15) is 4.79 Å². The maximum Gasteiger partial charge on any atom is 0.222 e. The highest BCUT2D eigenvalue weighted by atomic mass is 35.5. The molecule has 21 heavy (non-hydrogen) atoms. The lowest BCUT2D eigenvalue weighted by Gasteiger charge is -2.53. The van der Waals surface area contributed by atoms with E-state index in [4.69, 9.17) is 10.5 Å². The highest BCUT2D eigenvalue weighted by Gasteiger charge is 2.47. The fourth-order valence-electron chi connectivity index (χ4n) is 3.65. The maximum atomic E-state index is 12.2. The third kappa shape index (κ3) is 4.57. The molecule has 1 amide bonds. The van der Waals surface area contributed by atoms with E-state index in [0.29, 0.717) is 24.8 Å². The van der Waals surface area contributed by atoms with Crippen LogP contribution in [0.2, 0.25) is 0 Å². The molecule has 0 aromatic heterocycles. The predicted molar refractivity (Wildman–Crippen MR) is 87.6 cm³/mol. The van der Waals surface area contributed by atoms with Crippen LogP contribution >= 0.6 is 12.4 Å². The van der Waals surface area contributed by atoms with Gasteiger partial charge < -0.3 is 15.4 Å². The number of nitrogens with two attached hydrogens (primary N) is 1. The fourth-order valence-corrected chi connectivity index (χ4v) is 3.65. The molecule has 2 rings (SSSR count). The molecule has 0 saturated carbocycles. The minimum atomic E-state index is -0.0458. The molecular weight excluding hydrogens is 288 g/mol. The van der Waals surface area contributed by atoms with Gasteiger partial charge in [0.05, 0.1) is 11.2 Å². The Hall–Kier alpha value is -0.320. The molecule has 0 spiro atoms. The molecule has 2 heterocycles. The number of fused-ring (bicyclic) bond motifs is 1. The molecule has 0 bridgehead atoms. The number of rotatable bonds is 4. The standard InChI is InChI=1S/C16H30N2O2.ClH/c1-15(2)8-7-13-12-18(11-9-16(13,3)20-15)14(19)6-4-5-10-17;/h13H,4-12,17H2,1-3H3;1H/t13-,16+;/m0./s1. The molecule has 2 aliphatic rings. The lowest BCUT2D eigenvalue weighted by molar-refractivity contribution is -0.214. The van der Waals surface area contributed by atoms with Crippen LogP contribution in [-0.4, -0.2) is 41.6 Å². The van der Waals surface area contributed by atoms with Crippen LogP contribution in [0.25, 0.3) is 0 Å². The predicted octanol–water partition coefficient (Wildman–Crippen LogP) is 2.73. The number of carbonyl (C=O) groups is 1. The van der Waals surface area contributed by atoms with Gasteiger partial charge in [0.15, 0.2) is 0 Å². The van der Waals surface area contributed by atoms with Crippen LogP contribution in [0, 0.1) is 5.92 Å². The molecule has 0 aromatic carbocycles. The van der Waals surface area contributed by atoms with Gasteiger partial charge in [-0.25, -0.2) is 0 Å². The smallest absolute Gasteiger partial charge is 0.222 e. The van der Waals surface area contributed by atoms with Crippen molar-refractivity contribution < 1.29 is 9.53 Å². The van der Waals surface area contributed by atoms with Crippen LogP contribution in [0.1, 0.15) is 59.3 Å². The maximum absolute atomic E-state index is 12.2. The largest absolute Gasteiger partial charge is 0.369 e. The summed E-state index contributed by atoms with van der Waals surface area (Å²) in [5.74, 6) is 0.785. The molecule has 2 saturated heterocycles. The van der Waals surface area contributed by atoms with Crippen molar-refractivity contribution in [3.8, 4) is 0 Å². The number of likely N-dealkylation sites (tertiary alicyclic amines) is 1. The van der Waals surface area contributed by atoms with Crippen molar-refractivity contribution in [1.29, 1.82) is 0 Å². The summed E-state index contributed by atoms with van der Waals surface area (Å²) >= 11 is 0. The summed E-state index contributed by atoms with van der Waals surface area (Å²) in [6.45, 7) is 8.97. The number of hydrogen-bond acceptors (Lipinski definition) is 3. The van der Waals surface area contributed by atoms with Gasteiger partial charge in [0.2, 0.25) is 5.91 Å². The minimum Gasteiger partial charge on any atom is -0.369 e. The lowest BCUT2D eigenvalue weighted by atomic mass is 9.74. The topological polar surface area (TPSA) is 55.6 Å². The summed E-state index contributed by atoms with van der Waals surface area (Å²) in [4.78, 5) is 14.3. The summed E-state index contributed by atoms with van der Waals surface area (Å²) in [7, 11) is 0. The van der Waals surface area contributed by atoms with Crippen LogP contribution in [0.5, 0.6) is 0 Å². The summed E-state index contributed by atoms with van der Waals surface area (Å²) in [6.07, 6.45) is 5.71. The zero-order valence-electron chi connectivity index (χ0n) is 13.7. The van der Waals surface area contributed by atoms with Gasteiger partial charge in [0.25, 0.3) is 0 Å². The Bertz CT molecular complexity index is 362. The third-order valence-corrected chi connectivity index (χ3v) is 4.98. The second-order valence-electron chi connectivity index (χ2n) is 7.25. The van der Waals surface area contributed by atoms with E-state index >= 15 is 0 Å². The molecular formula is C16H31ClN2O2. The van der Waals surface area contributed by atoms with Gasteiger partial charge >= 0.3 is 0 Å². The summed E-state index contributed by atoms with van der Waals surface area (Å²) in [6, 6.07) is 0. The Morgan fingerprint density at radius 2 is 2.00 bits per heavy atom. The summed E-state index contributed by atoms with van der Waals surface area (Å²) in [5, 5.41) is 0. The third-order valence-electron chi connectivity index (χ3n) is 4.98. The zero-order valence-corrected chi connectivity index (χ0v) is 14.5. The number of piperidine rings is 1. The molecule has 5 heteroatoms. The molecule has 0 aliphatic carbocycles. The summed E-state index contributed by atoms with van der Waals surface area (Å²) in [5.41, 5.74) is 5.42. The van der Waals surface area contributed by atoms with E-state index in [2.05, 4.69) is 20.8 Å². The van der Waals surface area contributed by atoms with Gasteiger partial charge in [-0.15, -0.1) is 12.4 Å². The van der Waals surface area contributed by atoms with Crippen molar-refractivity contribution in [1.82, 2.24) is 4.90 Å². The van der Waals surface area contributed by atoms with Crippen LogP contribution in [0.15, 0.2) is 0 Å². The zero-order chi connectivity index (χ0) is 14.8. The number of amides is 1. The van der Waals surface area contributed by atoms with Crippen molar-refractivity contribution >= 4 is 18.3 Å². The van der Waals surface area contributed by atoms with Gasteiger partial charge in [0.1, 0.15) is 0 Å². The van der Waals surface area contributed by atoms with E-state index in [-0.39, 0.29) is 23.6 Å². The Labute approximate surface area is 135 Å². The minimum absolute atomic E-state index is 0. The van der Waals surface area contributed by atoms with E-state index < -0.39 is 0 Å². The number of halogens is 1. The van der Waals surface area contributed by atoms with Crippen molar-refractivity contribution in [3.63, 3.8) is 0 Å². The molecule has 0 unspecified atom stereocenters. The molecule has 0 radical (unpaired) electrons. The average molecular weight is 319 g/mol. The number of ether oxygens (including phenoxy) is 1. The van der Waals surface area contributed by atoms with Crippen LogP contribution < -0.4 is 5.73 Å². The van der Waals surface area contributed by atoms with Crippen molar-refractivity contribution in [2.24, 2.45) is 11.7 Å². The first-order valence-corrected chi connectivity index (χ1v) is 8.04. The molecule has 0 aromatic rings. The monoisotopic (exact) mass is 318 g/mol. The number of nitrogens with zero attached hydrogens (tertiary/aromatic N) is 1. The highest BCUT2D eigenvalue weighted by Crippen LogP contribution is 2.43. The normalized spacial score (nSPS) is 31.2. The molecule has 2 fully saturated rings. The Balaban J connectivity index is 0.00000220.